The number of carbonyl (C=O) groups is 3. The Hall–Kier alpha value is -3.39. The van der Waals surface area contributed by atoms with Crippen LogP contribution in [0.1, 0.15) is 49.1 Å². The quantitative estimate of drug-likeness (QED) is 0.504. The van der Waals surface area contributed by atoms with Gasteiger partial charge in [-0.2, -0.15) is 0 Å². The number of aliphatic carboxylic acids is 1. The fourth-order valence-electron chi connectivity index (χ4n) is 5.15. The van der Waals surface area contributed by atoms with Gasteiger partial charge in [0, 0.05) is 32.0 Å². The minimum absolute atomic E-state index is 0.0178. The van der Waals surface area contributed by atoms with Crippen LogP contribution >= 0.6 is 0 Å². The maximum Gasteiger partial charge on any atom is 0.407 e. The minimum Gasteiger partial charge on any atom is -0.481 e. The summed E-state index contributed by atoms with van der Waals surface area (Å²) < 4.78 is 10.8. The van der Waals surface area contributed by atoms with Crippen molar-refractivity contribution in [3.8, 4) is 11.1 Å². The van der Waals surface area contributed by atoms with E-state index in [1.165, 1.54) is 18.2 Å². The summed E-state index contributed by atoms with van der Waals surface area (Å²) in [4.78, 5) is 36.2. The third-order valence-electron chi connectivity index (χ3n) is 6.97. The highest BCUT2D eigenvalue weighted by molar-refractivity contribution is 5.81. The maximum atomic E-state index is 12.6. The number of hydrogen-bond donors (Lipinski definition) is 3. The van der Waals surface area contributed by atoms with Crippen LogP contribution in [0.15, 0.2) is 48.5 Å². The molecular weight excluding hydrogens is 448 g/mol. The van der Waals surface area contributed by atoms with Crippen LogP contribution in [0.25, 0.3) is 11.1 Å². The monoisotopic (exact) mass is 480 g/mol. The lowest BCUT2D eigenvalue weighted by atomic mass is 9.85. The number of carbonyl (C=O) groups excluding carboxylic acids is 2. The van der Waals surface area contributed by atoms with Crippen LogP contribution in [-0.2, 0) is 19.1 Å². The molecule has 3 N–H and O–H groups in total. The summed E-state index contributed by atoms with van der Waals surface area (Å²) in [6.07, 6.45) is 1.58. The van der Waals surface area contributed by atoms with E-state index in [0.717, 1.165) is 24.0 Å². The zero-order valence-corrected chi connectivity index (χ0v) is 19.9. The molecule has 2 aliphatic carbocycles. The number of amides is 2. The standard InChI is InChI=1S/C27H32N2O6/c1-34-24(25(30)29-18-8-6-7-17(15-18)26(31)32)13-14-28-27(33)35-16-23-21-11-4-2-9-19(21)20-10-3-5-12-22(20)23/h2-5,9-12,17-18,23-24H,6-8,13-16H2,1H3,(H,28,33)(H,29,30)(H,31,32)/t17-,18-,24?/m1/s1. The van der Waals surface area contributed by atoms with E-state index in [9.17, 15) is 19.5 Å². The lowest BCUT2D eigenvalue weighted by Crippen LogP contribution is -2.45. The molecule has 2 aliphatic rings. The molecule has 0 spiro atoms. The molecule has 1 fully saturated rings. The van der Waals surface area contributed by atoms with E-state index in [2.05, 4.69) is 34.9 Å². The van der Waals surface area contributed by atoms with Gasteiger partial charge in [0.1, 0.15) is 12.7 Å². The Kier molecular flexibility index (Phi) is 8.02. The van der Waals surface area contributed by atoms with Crippen molar-refractivity contribution in [3.63, 3.8) is 0 Å². The van der Waals surface area contributed by atoms with Crippen molar-refractivity contribution in [2.24, 2.45) is 5.92 Å². The van der Waals surface area contributed by atoms with Gasteiger partial charge in [0.15, 0.2) is 0 Å². The number of benzene rings is 2. The number of ether oxygens (including phenoxy) is 2. The average molecular weight is 481 g/mol. The predicted octanol–water partition coefficient (Wildman–Crippen LogP) is 3.69. The van der Waals surface area contributed by atoms with Gasteiger partial charge in [0.2, 0.25) is 5.91 Å². The van der Waals surface area contributed by atoms with Gasteiger partial charge in [-0.3, -0.25) is 9.59 Å². The molecule has 0 aromatic heterocycles. The van der Waals surface area contributed by atoms with Gasteiger partial charge in [-0.25, -0.2) is 4.79 Å². The molecule has 8 nitrogen and oxygen atoms in total. The first-order valence-corrected chi connectivity index (χ1v) is 12.1. The van der Waals surface area contributed by atoms with E-state index in [1.54, 1.807) is 0 Å². The normalized spacial score (nSPS) is 19.8. The minimum atomic E-state index is -0.820. The highest BCUT2D eigenvalue weighted by atomic mass is 16.5. The Morgan fingerprint density at radius 2 is 1.69 bits per heavy atom. The topological polar surface area (TPSA) is 114 Å². The molecular formula is C27H32N2O6. The van der Waals surface area contributed by atoms with Crippen LogP contribution in [0.2, 0.25) is 0 Å². The Bertz CT molecular complexity index is 1030. The van der Waals surface area contributed by atoms with Crippen molar-refractivity contribution in [1.82, 2.24) is 10.6 Å². The van der Waals surface area contributed by atoms with Crippen LogP contribution in [0.4, 0.5) is 4.79 Å². The van der Waals surface area contributed by atoms with E-state index in [0.29, 0.717) is 12.8 Å². The Morgan fingerprint density at radius 1 is 1.03 bits per heavy atom. The van der Waals surface area contributed by atoms with Crippen molar-refractivity contribution in [1.29, 1.82) is 0 Å². The molecule has 2 amide bonds. The molecule has 0 aliphatic heterocycles. The molecule has 1 unspecified atom stereocenters. The van der Waals surface area contributed by atoms with Crippen molar-refractivity contribution < 1.29 is 29.0 Å². The third kappa shape index (κ3) is 5.82. The highest BCUT2D eigenvalue weighted by Gasteiger charge is 2.30. The number of carboxylic acid groups (broad SMARTS) is 1. The number of rotatable bonds is 9. The first-order chi connectivity index (χ1) is 17.0. The lowest BCUT2D eigenvalue weighted by molar-refractivity contribution is -0.143. The largest absolute Gasteiger partial charge is 0.481 e. The smallest absolute Gasteiger partial charge is 0.407 e. The highest BCUT2D eigenvalue weighted by Crippen LogP contribution is 2.44. The van der Waals surface area contributed by atoms with Crippen LogP contribution in [0.5, 0.6) is 0 Å². The van der Waals surface area contributed by atoms with Gasteiger partial charge in [0.25, 0.3) is 0 Å². The molecule has 0 saturated heterocycles. The van der Waals surface area contributed by atoms with E-state index < -0.39 is 24.1 Å². The zero-order chi connectivity index (χ0) is 24.8. The number of methoxy groups -OCH3 is 1. The molecule has 3 atom stereocenters. The lowest BCUT2D eigenvalue weighted by Gasteiger charge is -2.28. The van der Waals surface area contributed by atoms with Crippen LogP contribution in [0.3, 0.4) is 0 Å². The molecule has 35 heavy (non-hydrogen) atoms. The Labute approximate surface area is 205 Å². The third-order valence-corrected chi connectivity index (χ3v) is 6.97. The molecule has 1 saturated carbocycles. The second kappa shape index (κ2) is 11.4. The number of fused-ring (bicyclic) bond motifs is 3. The first kappa shape index (κ1) is 24.7. The summed E-state index contributed by atoms with van der Waals surface area (Å²) in [5, 5.41) is 14.8. The summed E-state index contributed by atoms with van der Waals surface area (Å²) >= 11 is 0. The van der Waals surface area contributed by atoms with E-state index in [-0.39, 0.29) is 37.4 Å². The summed E-state index contributed by atoms with van der Waals surface area (Å²) in [5.41, 5.74) is 4.62. The van der Waals surface area contributed by atoms with Gasteiger partial charge >= 0.3 is 12.1 Å². The van der Waals surface area contributed by atoms with E-state index >= 15 is 0 Å². The number of carboxylic acids is 1. The van der Waals surface area contributed by atoms with Gasteiger partial charge in [-0.15, -0.1) is 0 Å². The molecule has 0 heterocycles. The molecule has 0 radical (unpaired) electrons. The van der Waals surface area contributed by atoms with Gasteiger partial charge in [0.05, 0.1) is 5.92 Å². The maximum absolute atomic E-state index is 12.6. The fourth-order valence-corrected chi connectivity index (χ4v) is 5.15. The van der Waals surface area contributed by atoms with E-state index in [1.807, 2.05) is 24.3 Å². The Morgan fingerprint density at radius 3 is 2.31 bits per heavy atom. The second-order valence-corrected chi connectivity index (χ2v) is 9.17. The molecule has 2 aromatic carbocycles. The second-order valence-electron chi connectivity index (χ2n) is 9.17. The molecule has 2 aromatic rings. The van der Waals surface area contributed by atoms with Crippen molar-refractivity contribution >= 4 is 18.0 Å². The van der Waals surface area contributed by atoms with Crippen molar-refractivity contribution in [2.45, 2.75) is 50.2 Å². The Balaban J connectivity index is 1.23. The fraction of sp³-hybridized carbons (Fsp3) is 0.444. The van der Waals surface area contributed by atoms with Crippen LogP contribution in [-0.4, -0.2) is 55.5 Å². The number of nitrogens with one attached hydrogen (secondary N) is 2. The molecule has 0 bridgehead atoms. The molecule has 8 heteroatoms. The van der Waals surface area contributed by atoms with Gasteiger partial charge in [-0.05, 0) is 41.5 Å². The summed E-state index contributed by atoms with van der Waals surface area (Å²) in [5.74, 6) is -1.56. The van der Waals surface area contributed by atoms with Crippen molar-refractivity contribution in [2.75, 3.05) is 20.3 Å². The predicted molar refractivity (Wildman–Crippen MR) is 130 cm³/mol. The summed E-state index contributed by atoms with van der Waals surface area (Å²) in [7, 11) is 1.44. The average Bonchev–Trinajstić information content (AvgIpc) is 3.19. The van der Waals surface area contributed by atoms with Crippen molar-refractivity contribution in [3.05, 3.63) is 59.7 Å². The van der Waals surface area contributed by atoms with Crippen LogP contribution < -0.4 is 10.6 Å². The summed E-state index contributed by atoms with van der Waals surface area (Å²) in [6, 6.07) is 16.1. The molecule has 4 rings (SSSR count). The number of alkyl carbamates (subject to hydrolysis) is 1. The number of hydrogen-bond acceptors (Lipinski definition) is 5. The SMILES string of the molecule is COC(CCNC(=O)OCC1c2ccccc2-c2ccccc21)C(=O)N[C@@H]1CCC[C@@H](C(=O)O)C1. The zero-order valence-electron chi connectivity index (χ0n) is 19.9. The first-order valence-electron chi connectivity index (χ1n) is 12.1. The summed E-state index contributed by atoms with van der Waals surface area (Å²) in [6.45, 7) is 0.436. The van der Waals surface area contributed by atoms with E-state index in [4.69, 9.17) is 9.47 Å². The van der Waals surface area contributed by atoms with Crippen LogP contribution in [0, 0.1) is 5.92 Å². The van der Waals surface area contributed by atoms with Gasteiger partial charge < -0.3 is 25.2 Å². The van der Waals surface area contributed by atoms with Gasteiger partial charge in [-0.1, -0.05) is 55.0 Å². The molecule has 186 valence electrons.